The molecule has 4 nitrogen and oxygen atoms in total. The van der Waals surface area contributed by atoms with Gasteiger partial charge in [0.1, 0.15) is 39.3 Å². The Morgan fingerprint density at radius 1 is 0.559 bits per heavy atom. The van der Waals surface area contributed by atoms with Gasteiger partial charge in [0.25, 0.3) is 0 Å². The quantitative estimate of drug-likeness (QED) is 0.179. The van der Waals surface area contributed by atoms with Gasteiger partial charge >= 0.3 is 0 Å². The maximum absolute atomic E-state index is 5.45. The minimum absolute atomic E-state index is 0. The third-order valence-corrected chi connectivity index (χ3v) is 8.83. The summed E-state index contributed by atoms with van der Waals surface area (Å²) in [5.74, 6) is 1.59. The second-order valence-corrected chi connectivity index (χ2v) is 11.7. The van der Waals surface area contributed by atoms with Crippen molar-refractivity contribution >= 4 is 23.2 Å². The minimum atomic E-state index is 0. The Bertz CT molecular complexity index is 422. The van der Waals surface area contributed by atoms with Crippen molar-refractivity contribution in [3.63, 3.8) is 0 Å². The van der Waals surface area contributed by atoms with E-state index in [9.17, 15) is 0 Å². The molecule has 6 fully saturated rings. The molecule has 0 aliphatic carbocycles. The van der Waals surface area contributed by atoms with Crippen molar-refractivity contribution < 1.29 is 33.8 Å². The third kappa shape index (κ3) is 13.5. The molecule has 0 unspecified atom stereocenters. The summed E-state index contributed by atoms with van der Waals surface area (Å²) < 4.78 is 2.84. The first kappa shape index (κ1) is 35.0. The summed E-state index contributed by atoms with van der Waals surface area (Å²) in [5, 5.41) is 0. The van der Waals surface area contributed by atoms with Gasteiger partial charge in [-0.05, 0) is 25.7 Å². The van der Waals surface area contributed by atoms with E-state index in [4.69, 9.17) is 23.2 Å². The number of fused-ring (bicyclic) bond motifs is 6. The van der Waals surface area contributed by atoms with E-state index in [0.29, 0.717) is 0 Å². The molecule has 0 aromatic carbocycles. The number of nitrogens with zero attached hydrogens (tertiary/aromatic N) is 4. The first-order chi connectivity index (χ1) is 15.5. The van der Waals surface area contributed by atoms with Gasteiger partial charge in [0.15, 0.2) is 0 Å². The van der Waals surface area contributed by atoms with Crippen LogP contribution < -0.4 is 24.8 Å². The summed E-state index contributed by atoms with van der Waals surface area (Å²) >= 11 is 10.9. The summed E-state index contributed by atoms with van der Waals surface area (Å²) in [6.07, 6.45) is 12.0. The molecule has 6 heterocycles. The lowest BCUT2D eigenvalue weighted by Crippen LogP contribution is -3.00. The SMILES string of the molecule is C1CN2CCN1CC2.CCCCCCC[N+]12CC[N+](C)(CC1)CC2.ClCCCCCCCl.[Cl-].[Cl-]. The number of likely N-dealkylation sites (N-methyl/N-ethyl adjacent to an activating group) is 1. The maximum atomic E-state index is 5.45. The average Bonchev–Trinajstić information content (AvgIpc) is 2.85. The third-order valence-electron chi connectivity index (χ3n) is 8.29. The highest BCUT2D eigenvalue weighted by Crippen LogP contribution is 2.25. The summed E-state index contributed by atoms with van der Waals surface area (Å²) in [5.41, 5.74) is 0. The van der Waals surface area contributed by atoms with Crippen molar-refractivity contribution in [2.75, 3.05) is 104 Å². The van der Waals surface area contributed by atoms with Crippen molar-refractivity contribution in [3.05, 3.63) is 0 Å². The molecule has 0 amide bonds. The Hall–Kier alpha value is 1.00. The lowest BCUT2D eigenvalue weighted by molar-refractivity contribution is -1.07. The lowest BCUT2D eigenvalue weighted by Gasteiger charge is -2.54. The van der Waals surface area contributed by atoms with Crippen LogP contribution in [0.2, 0.25) is 0 Å². The second kappa shape index (κ2) is 20.0. The molecule has 0 N–H and O–H groups in total. The number of hydrogen-bond donors (Lipinski definition) is 0. The topological polar surface area (TPSA) is 6.48 Å². The van der Waals surface area contributed by atoms with Gasteiger partial charge in [-0.3, -0.25) is 9.80 Å². The molecule has 8 heteroatoms. The van der Waals surface area contributed by atoms with E-state index in [0.717, 1.165) is 24.6 Å². The first-order valence-corrected chi connectivity index (χ1v) is 14.9. The van der Waals surface area contributed by atoms with Gasteiger partial charge in [-0.1, -0.05) is 39.0 Å². The van der Waals surface area contributed by atoms with Crippen LogP contribution in [0.25, 0.3) is 0 Å². The predicted octanol–water partition coefficient (Wildman–Crippen LogP) is -1.10. The smallest absolute Gasteiger partial charge is 0.129 e. The number of piperazine rings is 6. The van der Waals surface area contributed by atoms with Gasteiger partial charge in [0, 0.05) is 51.0 Å². The number of hydrogen-bond acceptors (Lipinski definition) is 2. The molecular weight excluding hydrogens is 510 g/mol. The Kier molecular flexibility index (Phi) is 20.6. The molecule has 0 radical (unpaired) electrons. The van der Waals surface area contributed by atoms with Crippen molar-refractivity contribution in [3.8, 4) is 0 Å². The van der Waals surface area contributed by atoms with Crippen LogP contribution in [0.1, 0.15) is 64.7 Å². The molecule has 0 atom stereocenters. The van der Waals surface area contributed by atoms with Crippen LogP contribution in [0.4, 0.5) is 0 Å². The molecule has 34 heavy (non-hydrogen) atoms. The van der Waals surface area contributed by atoms with Crippen LogP contribution in [0.3, 0.4) is 0 Å². The molecule has 6 rings (SSSR count). The molecular formula is C26H54Cl4N4. The summed E-state index contributed by atoms with van der Waals surface area (Å²) in [6.45, 7) is 20.4. The average molecular weight is 565 g/mol. The van der Waals surface area contributed by atoms with Gasteiger partial charge in [-0.15, -0.1) is 23.2 Å². The van der Waals surface area contributed by atoms with Gasteiger partial charge < -0.3 is 33.8 Å². The van der Waals surface area contributed by atoms with Crippen molar-refractivity contribution in [2.45, 2.75) is 64.7 Å². The van der Waals surface area contributed by atoms with Gasteiger partial charge in [-0.25, -0.2) is 0 Å². The standard InChI is InChI=1S/C14H30N2.C6H12Cl2.C6H12N2.2ClH/c1-3-4-5-6-7-8-16-12-9-15(2,10-13-16)11-14-16;7-5-3-1-2-4-6-8;1-2-8-5-3-7(1)4-6-8;;/h3-14H2,1-2H3;2*1-6H2;2*1H/q+2;;;;/p-2. The van der Waals surface area contributed by atoms with Gasteiger partial charge in [0.05, 0.1) is 13.6 Å². The highest BCUT2D eigenvalue weighted by Gasteiger charge is 2.46. The monoisotopic (exact) mass is 562 g/mol. The van der Waals surface area contributed by atoms with Gasteiger partial charge in [-0.2, -0.15) is 0 Å². The van der Waals surface area contributed by atoms with Crippen molar-refractivity contribution in [1.82, 2.24) is 9.80 Å². The predicted molar refractivity (Wildman–Crippen MR) is 142 cm³/mol. The second-order valence-electron chi connectivity index (χ2n) is 10.9. The number of halogens is 4. The van der Waals surface area contributed by atoms with E-state index in [1.807, 2.05) is 0 Å². The number of rotatable bonds is 11. The highest BCUT2D eigenvalue weighted by atomic mass is 35.5. The molecule has 0 spiro atoms. The van der Waals surface area contributed by atoms with E-state index in [1.165, 1.54) is 139 Å². The molecule has 4 bridgehead atoms. The maximum Gasteiger partial charge on any atom is 0.129 e. The zero-order valence-corrected chi connectivity index (χ0v) is 25.3. The van der Waals surface area contributed by atoms with Crippen LogP contribution in [-0.2, 0) is 0 Å². The van der Waals surface area contributed by atoms with Gasteiger partial charge in [0.2, 0.25) is 0 Å². The normalized spacial score (nSPS) is 30.7. The van der Waals surface area contributed by atoms with Crippen molar-refractivity contribution in [1.29, 1.82) is 0 Å². The number of alkyl halides is 2. The Morgan fingerprint density at radius 3 is 1.29 bits per heavy atom. The fourth-order valence-electron chi connectivity index (χ4n) is 5.48. The molecule has 0 aromatic heterocycles. The van der Waals surface area contributed by atoms with E-state index in [2.05, 4.69) is 23.8 Å². The van der Waals surface area contributed by atoms with Crippen LogP contribution in [0.15, 0.2) is 0 Å². The molecule has 0 aromatic rings. The fraction of sp³-hybridized carbons (Fsp3) is 1.00. The molecule has 6 saturated heterocycles. The molecule has 206 valence electrons. The number of unbranched alkanes of at least 4 members (excludes halogenated alkanes) is 7. The van der Waals surface area contributed by atoms with Crippen LogP contribution >= 0.6 is 23.2 Å². The van der Waals surface area contributed by atoms with E-state index in [-0.39, 0.29) is 24.8 Å². The molecule has 6 aliphatic heterocycles. The largest absolute Gasteiger partial charge is 1.00 e. The zero-order chi connectivity index (χ0) is 23.1. The number of quaternary nitrogens is 2. The van der Waals surface area contributed by atoms with E-state index >= 15 is 0 Å². The first-order valence-electron chi connectivity index (χ1n) is 13.8. The minimum Gasteiger partial charge on any atom is -1.00 e. The Labute approximate surface area is 234 Å². The molecule has 6 aliphatic rings. The van der Waals surface area contributed by atoms with Crippen molar-refractivity contribution in [2.24, 2.45) is 0 Å². The van der Waals surface area contributed by atoms with Crippen LogP contribution in [0.5, 0.6) is 0 Å². The highest BCUT2D eigenvalue weighted by molar-refractivity contribution is 6.18. The Morgan fingerprint density at radius 2 is 0.941 bits per heavy atom. The molecule has 0 saturated carbocycles. The summed E-state index contributed by atoms with van der Waals surface area (Å²) in [7, 11) is 2.45. The Balaban J connectivity index is 0.000000515. The van der Waals surface area contributed by atoms with E-state index < -0.39 is 0 Å². The van der Waals surface area contributed by atoms with Crippen LogP contribution in [-0.4, -0.2) is 123 Å². The van der Waals surface area contributed by atoms with Crippen LogP contribution in [0, 0.1) is 0 Å². The lowest BCUT2D eigenvalue weighted by atomic mass is 10.1. The fourth-order valence-corrected chi connectivity index (χ4v) is 5.86. The zero-order valence-electron chi connectivity index (χ0n) is 22.3. The summed E-state index contributed by atoms with van der Waals surface area (Å²) in [4.78, 5) is 5.08. The van der Waals surface area contributed by atoms with E-state index in [1.54, 1.807) is 0 Å². The summed E-state index contributed by atoms with van der Waals surface area (Å²) in [6, 6.07) is 0.